The number of hydrogen-bond donors (Lipinski definition) is 8. The normalized spacial score (nSPS) is 36.9. The van der Waals surface area contributed by atoms with Crippen LogP contribution in [0.4, 0.5) is 5.69 Å². The van der Waals surface area contributed by atoms with E-state index in [4.69, 9.17) is 9.47 Å². The van der Waals surface area contributed by atoms with E-state index in [2.05, 4.69) is 0 Å². The van der Waals surface area contributed by atoms with E-state index >= 15 is 0 Å². The second-order valence-corrected chi connectivity index (χ2v) is 9.09. The number of aliphatic hydroxyl groups is 8. The molecule has 2 heterocycles. The van der Waals surface area contributed by atoms with Gasteiger partial charge >= 0.3 is 0 Å². The Balaban J connectivity index is 1.66. The van der Waals surface area contributed by atoms with Gasteiger partial charge in [-0.15, -0.1) is 0 Å². The summed E-state index contributed by atoms with van der Waals surface area (Å²) in [7, 11) is 0. The molecule has 0 bridgehead atoms. The molecule has 2 aliphatic rings. The van der Waals surface area contributed by atoms with Gasteiger partial charge in [0, 0.05) is 6.07 Å². The standard InChI is InChI=1S/C24H33NO12/c26-10-17-21(30)23(32)19(28)15(36-17)5-1-3-12-7-8-13(14(9-12)25(34)35)4-2-6-16-20(29)24(33)22(31)18(11-27)37-16/h1-4,7-9,15-24,26-33H,5-6,10-11H2/b3-1+,4-2+/t15-,16-,17-,18-,19-,20-,21-,22-,23-,24-/m1/s1. The van der Waals surface area contributed by atoms with Gasteiger partial charge in [-0.25, -0.2) is 0 Å². The van der Waals surface area contributed by atoms with Crippen molar-refractivity contribution < 1.29 is 55.2 Å². The number of rotatable bonds is 9. The van der Waals surface area contributed by atoms with Crippen LogP contribution < -0.4 is 0 Å². The molecule has 0 aromatic heterocycles. The van der Waals surface area contributed by atoms with Crippen LogP contribution in [-0.2, 0) is 9.47 Å². The zero-order valence-electron chi connectivity index (χ0n) is 19.8. The molecule has 0 unspecified atom stereocenters. The molecule has 8 N–H and O–H groups in total. The molecule has 37 heavy (non-hydrogen) atoms. The number of nitro benzene ring substituents is 1. The summed E-state index contributed by atoms with van der Waals surface area (Å²) in [5, 5.41) is 89.9. The van der Waals surface area contributed by atoms with Crippen molar-refractivity contribution in [2.45, 2.75) is 73.9 Å². The van der Waals surface area contributed by atoms with Gasteiger partial charge < -0.3 is 50.3 Å². The Hall–Kier alpha value is -2.30. The highest BCUT2D eigenvalue weighted by Gasteiger charge is 2.43. The Morgan fingerprint density at radius 2 is 1.19 bits per heavy atom. The number of ether oxygens (including phenoxy) is 2. The van der Waals surface area contributed by atoms with Crippen molar-refractivity contribution in [3.63, 3.8) is 0 Å². The molecular formula is C24H33NO12. The van der Waals surface area contributed by atoms with Crippen LogP contribution >= 0.6 is 0 Å². The molecule has 0 aliphatic carbocycles. The first-order valence-corrected chi connectivity index (χ1v) is 11.8. The smallest absolute Gasteiger partial charge is 0.277 e. The highest BCUT2D eigenvalue weighted by molar-refractivity contribution is 5.65. The molecule has 13 nitrogen and oxygen atoms in total. The fourth-order valence-corrected chi connectivity index (χ4v) is 4.38. The highest BCUT2D eigenvalue weighted by atomic mass is 16.6. The van der Waals surface area contributed by atoms with Gasteiger partial charge in [-0.1, -0.05) is 30.4 Å². The quantitative estimate of drug-likeness (QED) is 0.130. The lowest BCUT2D eigenvalue weighted by atomic mass is 9.93. The molecule has 2 saturated heterocycles. The minimum absolute atomic E-state index is 0.0549. The van der Waals surface area contributed by atoms with Gasteiger partial charge in [-0.05, 0) is 24.5 Å². The van der Waals surface area contributed by atoms with E-state index in [-0.39, 0.29) is 24.1 Å². The maximum atomic E-state index is 11.6. The van der Waals surface area contributed by atoms with Gasteiger partial charge in [0.25, 0.3) is 5.69 Å². The predicted octanol–water partition coefficient (Wildman–Crippen LogP) is -1.91. The van der Waals surface area contributed by atoms with Crippen LogP contribution in [0.2, 0.25) is 0 Å². The number of nitrogens with zero attached hydrogens (tertiary/aromatic N) is 1. The number of benzene rings is 1. The second kappa shape index (κ2) is 13.0. The molecule has 0 radical (unpaired) electrons. The van der Waals surface area contributed by atoms with E-state index < -0.39 is 79.2 Å². The number of hydrogen-bond acceptors (Lipinski definition) is 12. The molecule has 10 atom stereocenters. The van der Waals surface area contributed by atoms with Gasteiger partial charge in [0.05, 0.1) is 35.9 Å². The van der Waals surface area contributed by atoms with Gasteiger partial charge in [-0.3, -0.25) is 10.1 Å². The summed E-state index contributed by atoms with van der Waals surface area (Å²) in [6.07, 6.45) is -6.31. The Morgan fingerprint density at radius 3 is 1.65 bits per heavy atom. The topological polar surface area (TPSA) is 223 Å². The summed E-state index contributed by atoms with van der Waals surface area (Å²) in [4.78, 5) is 11.1. The lowest BCUT2D eigenvalue weighted by molar-refractivity contribution is -0.385. The van der Waals surface area contributed by atoms with E-state index in [1.165, 1.54) is 24.3 Å². The van der Waals surface area contributed by atoms with Crippen LogP contribution in [0.3, 0.4) is 0 Å². The first kappa shape index (κ1) is 29.3. The molecule has 0 amide bonds. The molecule has 0 saturated carbocycles. The molecular weight excluding hydrogens is 494 g/mol. The number of nitro groups is 1. The average molecular weight is 528 g/mol. The minimum atomic E-state index is -1.51. The van der Waals surface area contributed by atoms with E-state index in [9.17, 15) is 51.0 Å². The van der Waals surface area contributed by atoms with E-state index in [1.807, 2.05) is 0 Å². The second-order valence-electron chi connectivity index (χ2n) is 9.09. The summed E-state index contributed by atoms with van der Waals surface area (Å²) in [6.45, 7) is -1.09. The van der Waals surface area contributed by atoms with E-state index in [0.717, 1.165) is 0 Å². The molecule has 1 aromatic rings. The van der Waals surface area contributed by atoms with Crippen LogP contribution in [0, 0.1) is 10.1 Å². The van der Waals surface area contributed by atoms with Crippen LogP contribution in [0.1, 0.15) is 24.0 Å². The van der Waals surface area contributed by atoms with Crippen molar-refractivity contribution in [3.8, 4) is 0 Å². The lowest BCUT2D eigenvalue weighted by Gasteiger charge is -2.39. The van der Waals surface area contributed by atoms with Crippen LogP contribution in [0.25, 0.3) is 12.2 Å². The van der Waals surface area contributed by atoms with E-state index in [1.54, 1.807) is 18.2 Å². The summed E-state index contributed by atoms with van der Waals surface area (Å²) in [6, 6.07) is 4.46. The van der Waals surface area contributed by atoms with Crippen molar-refractivity contribution in [1.29, 1.82) is 0 Å². The third-order valence-corrected chi connectivity index (χ3v) is 6.58. The molecule has 3 rings (SSSR count). The number of aliphatic hydroxyl groups excluding tert-OH is 8. The van der Waals surface area contributed by atoms with Gasteiger partial charge in [0.15, 0.2) is 0 Å². The summed E-state index contributed by atoms with van der Waals surface area (Å²) < 4.78 is 10.8. The molecule has 13 heteroatoms. The van der Waals surface area contributed by atoms with Crippen molar-refractivity contribution in [1.82, 2.24) is 0 Å². The van der Waals surface area contributed by atoms with Gasteiger partial charge in [0.2, 0.25) is 0 Å². The van der Waals surface area contributed by atoms with Crippen molar-refractivity contribution in [3.05, 3.63) is 51.6 Å². The molecule has 206 valence electrons. The first-order chi connectivity index (χ1) is 17.6. The summed E-state index contributed by atoms with van der Waals surface area (Å²) in [5.41, 5.74) is 0.531. The Bertz CT molecular complexity index is 967. The van der Waals surface area contributed by atoms with Crippen molar-refractivity contribution in [2.75, 3.05) is 13.2 Å². The fraction of sp³-hybridized carbons (Fsp3) is 0.583. The third-order valence-electron chi connectivity index (χ3n) is 6.58. The molecule has 2 aliphatic heterocycles. The molecule has 2 fully saturated rings. The lowest BCUT2D eigenvalue weighted by Crippen LogP contribution is -2.58. The van der Waals surface area contributed by atoms with Crippen LogP contribution in [-0.4, -0.2) is 120 Å². The third kappa shape index (κ3) is 6.78. The zero-order chi connectivity index (χ0) is 27.3. The predicted molar refractivity (Wildman–Crippen MR) is 128 cm³/mol. The maximum absolute atomic E-state index is 11.6. The highest BCUT2D eigenvalue weighted by Crippen LogP contribution is 2.27. The Morgan fingerprint density at radius 1 is 0.730 bits per heavy atom. The molecule has 0 spiro atoms. The average Bonchev–Trinajstić information content (AvgIpc) is 2.89. The van der Waals surface area contributed by atoms with E-state index in [0.29, 0.717) is 5.56 Å². The zero-order valence-corrected chi connectivity index (χ0v) is 19.8. The SMILES string of the molecule is O=[N+]([O-])c1cc(/C=C/C[C@H]2O[C@H](CO)[C@@H](O)[C@H](O)[C@@H]2O)ccc1/C=C/C[C@H]1O[C@H](CO)[C@@H](O)[C@H](O)[C@@H]1O. The van der Waals surface area contributed by atoms with Crippen LogP contribution in [0.5, 0.6) is 0 Å². The van der Waals surface area contributed by atoms with Gasteiger partial charge in [0.1, 0.15) is 48.8 Å². The monoisotopic (exact) mass is 527 g/mol. The summed E-state index contributed by atoms with van der Waals surface area (Å²) >= 11 is 0. The Labute approximate surface area is 212 Å². The Kier molecular flexibility index (Phi) is 10.3. The van der Waals surface area contributed by atoms with Crippen LogP contribution in [0.15, 0.2) is 30.4 Å². The van der Waals surface area contributed by atoms with Gasteiger partial charge in [-0.2, -0.15) is 0 Å². The summed E-state index contributed by atoms with van der Waals surface area (Å²) in [5.74, 6) is 0. The first-order valence-electron chi connectivity index (χ1n) is 11.8. The fourth-order valence-electron chi connectivity index (χ4n) is 4.38. The van der Waals surface area contributed by atoms with Crippen molar-refractivity contribution in [2.24, 2.45) is 0 Å². The maximum Gasteiger partial charge on any atom is 0.277 e. The minimum Gasteiger partial charge on any atom is -0.394 e. The largest absolute Gasteiger partial charge is 0.394 e. The van der Waals surface area contributed by atoms with Crippen molar-refractivity contribution >= 4 is 17.8 Å². The molecule has 1 aromatic carbocycles.